The van der Waals surface area contributed by atoms with Gasteiger partial charge in [0.2, 0.25) is 5.95 Å². The number of hydrogen-bond acceptors (Lipinski definition) is 9. The van der Waals surface area contributed by atoms with E-state index in [1.54, 1.807) is 18.2 Å². The van der Waals surface area contributed by atoms with Gasteiger partial charge in [-0.15, -0.1) is 0 Å². The first-order valence-electron chi connectivity index (χ1n) is 11.5. The molecule has 0 aliphatic carbocycles. The second kappa shape index (κ2) is 9.37. The first-order valence-corrected chi connectivity index (χ1v) is 11.5. The van der Waals surface area contributed by atoms with Crippen LogP contribution in [0, 0.1) is 5.82 Å². The van der Waals surface area contributed by atoms with E-state index in [9.17, 15) is 9.18 Å². The molecule has 2 aliphatic heterocycles. The molecule has 0 saturated carbocycles. The van der Waals surface area contributed by atoms with Gasteiger partial charge in [-0.05, 0) is 55.3 Å². The summed E-state index contributed by atoms with van der Waals surface area (Å²) in [6.07, 6.45) is 6.77. The van der Waals surface area contributed by atoms with Crippen molar-refractivity contribution >= 4 is 17.5 Å². The molecule has 3 aromatic rings. The van der Waals surface area contributed by atoms with E-state index < -0.39 is 11.5 Å². The van der Waals surface area contributed by atoms with Crippen LogP contribution in [-0.4, -0.2) is 66.9 Å². The Balaban J connectivity index is 1.39. The molecule has 12 heteroatoms. The maximum Gasteiger partial charge on any atom is 0.368 e. The van der Waals surface area contributed by atoms with Gasteiger partial charge in [0.05, 0.1) is 19.0 Å². The zero-order valence-corrected chi connectivity index (χ0v) is 19.2. The summed E-state index contributed by atoms with van der Waals surface area (Å²) in [6, 6.07) is 5.64. The van der Waals surface area contributed by atoms with Crippen LogP contribution in [0.3, 0.4) is 0 Å². The van der Waals surface area contributed by atoms with E-state index in [1.165, 1.54) is 27.0 Å². The smallest absolute Gasteiger partial charge is 0.368 e. The molecule has 2 aromatic heterocycles. The molecular weight excluding hydrogens is 441 g/mol. The van der Waals surface area contributed by atoms with Gasteiger partial charge in [-0.1, -0.05) is 6.42 Å². The van der Waals surface area contributed by atoms with Crippen LogP contribution in [0.1, 0.15) is 32.1 Å². The molecule has 11 nitrogen and oxygen atoms in total. The van der Waals surface area contributed by atoms with Gasteiger partial charge in [0.1, 0.15) is 5.75 Å². The van der Waals surface area contributed by atoms with E-state index in [-0.39, 0.29) is 17.8 Å². The van der Waals surface area contributed by atoms with Gasteiger partial charge in [0, 0.05) is 37.0 Å². The maximum atomic E-state index is 14.6. The highest BCUT2D eigenvalue weighted by Crippen LogP contribution is 2.29. The summed E-state index contributed by atoms with van der Waals surface area (Å²) in [4.78, 5) is 23.3. The van der Waals surface area contributed by atoms with Gasteiger partial charge in [0.25, 0.3) is 0 Å². The zero-order chi connectivity index (χ0) is 23.7. The Bertz CT molecular complexity index is 1230. The van der Waals surface area contributed by atoms with Crippen LogP contribution in [0.25, 0.3) is 5.69 Å². The average molecular weight is 470 g/mol. The Morgan fingerprint density at radius 2 is 1.97 bits per heavy atom. The highest BCUT2D eigenvalue weighted by molar-refractivity contribution is 5.61. The van der Waals surface area contributed by atoms with Crippen molar-refractivity contribution < 1.29 is 9.13 Å². The lowest BCUT2D eigenvalue weighted by Gasteiger charge is -2.44. The third kappa shape index (κ3) is 4.45. The number of fused-ring (bicyclic) bond motifs is 1. The molecule has 0 unspecified atom stereocenters. The van der Waals surface area contributed by atoms with Crippen molar-refractivity contribution in [3.8, 4) is 11.4 Å². The van der Waals surface area contributed by atoms with E-state index in [4.69, 9.17) is 4.74 Å². The van der Waals surface area contributed by atoms with Crippen LogP contribution >= 0.6 is 0 Å². The third-order valence-electron chi connectivity index (χ3n) is 6.50. The van der Waals surface area contributed by atoms with Crippen LogP contribution in [0.15, 0.2) is 29.2 Å². The zero-order valence-electron chi connectivity index (χ0n) is 19.2. The summed E-state index contributed by atoms with van der Waals surface area (Å²) < 4.78 is 22.3. The molecule has 2 atom stereocenters. The number of aryl methyl sites for hydroxylation is 1. The van der Waals surface area contributed by atoms with E-state index in [1.807, 2.05) is 0 Å². The minimum Gasteiger partial charge on any atom is -0.497 e. The lowest BCUT2D eigenvalue weighted by Crippen LogP contribution is -2.53. The summed E-state index contributed by atoms with van der Waals surface area (Å²) in [5.74, 6) is 0.419. The molecular formula is C22H28FN9O2. The van der Waals surface area contributed by atoms with Gasteiger partial charge >= 0.3 is 5.69 Å². The molecule has 4 heterocycles. The number of piperidine rings is 2. The first kappa shape index (κ1) is 22.3. The molecule has 0 bridgehead atoms. The Morgan fingerprint density at radius 3 is 2.76 bits per heavy atom. The quantitative estimate of drug-likeness (QED) is 0.560. The molecule has 34 heavy (non-hydrogen) atoms. The predicted molar refractivity (Wildman–Crippen MR) is 124 cm³/mol. The molecule has 0 amide bonds. The number of halogens is 1. The van der Waals surface area contributed by atoms with Gasteiger partial charge < -0.3 is 15.4 Å². The number of rotatable bonds is 6. The van der Waals surface area contributed by atoms with E-state index in [0.717, 1.165) is 47.9 Å². The number of benzene rings is 1. The number of anilines is 3. The number of aromatic nitrogens is 6. The number of methoxy groups -OCH3 is 1. The molecule has 0 radical (unpaired) electrons. The third-order valence-corrected chi connectivity index (χ3v) is 6.50. The normalized spacial score (nSPS) is 20.6. The molecule has 2 aliphatic rings. The topological polar surface area (TPSA) is 115 Å². The Kier molecular flexibility index (Phi) is 6.14. The monoisotopic (exact) mass is 469 g/mol. The average Bonchev–Trinajstić information content (AvgIpc) is 3.19. The Hall–Kier alpha value is -3.54. The molecule has 2 N–H and O–H groups in total. The first-order chi connectivity index (χ1) is 16.5. The Labute approximate surface area is 195 Å². The van der Waals surface area contributed by atoms with Gasteiger partial charge in [-0.2, -0.15) is 14.3 Å². The summed E-state index contributed by atoms with van der Waals surface area (Å²) >= 11 is 0. The fraction of sp³-hybridized carbons (Fsp3) is 0.500. The second-order valence-electron chi connectivity index (χ2n) is 8.72. The van der Waals surface area contributed by atoms with Crippen LogP contribution in [0.5, 0.6) is 5.75 Å². The lowest BCUT2D eigenvalue weighted by atomic mass is 9.89. The molecule has 0 spiro atoms. The largest absolute Gasteiger partial charge is 0.497 e. The highest BCUT2D eigenvalue weighted by atomic mass is 19.1. The van der Waals surface area contributed by atoms with E-state index in [2.05, 4.69) is 35.9 Å². The van der Waals surface area contributed by atoms with Crippen molar-refractivity contribution in [3.63, 3.8) is 0 Å². The maximum absolute atomic E-state index is 14.6. The SMILES string of the molecule is COc1cc(Nc2ncc(F)c(N[C@@H]3CCCN4CCCC[C@H]34)n2)cc(-n2nnn(C)c2=O)c1. The van der Waals surface area contributed by atoms with E-state index >= 15 is 0 Å². The molecule has 2 fully saturated rings. The molecule has 2 saturated heterocycles. The predicted octanol–water partition coefficient (Wildman–Crippen LogP) is 2.08. The van der Waals surface area contributed by atoms with Crippen molar-refractivity contribution in [3.05, 3.63) is 40.7 Å². The van der Waals surface area contributed by atoms with Crippen LogP contribution in [-0.2, 0) is 7.05 Å². The number of nitrogens with zero attached hydrogens (tertiary/aromatic N) is 7. The standard InChI is InChI=1S/C22H28FN9O2/c1-30-22(33)32(29-28-30)15-10-14(11-16(12-15)34-2)25-21-24-13-17(23)20(27-21)26-18-6-5-9-31-8-4-3-7-19(18)31/h10-13,18-19H,3-9H2,1-2H3,(H2,24,25,26,27)/t18-,19-/m1/s1. The van der Waals surface area contributed by atoms with Crippen molar-refractivity contribution in [1.29, 1.82) is 0 Å². The van der Waals surface area contributed by atoms with Gasteiger partial charge in [0.15, 0.2) is 11.6 Å². The minimum atomic E-state index is -0.490. The Morgan fingerprint density at radius 1 is 1.12 bits per heavy atom. The fourth-order valence-electron chi connectivity index (χ4n) is 4.83. The van der Waals surface area contributed by atoms with Crippen LogP contribution in [0.4, 0.5) is 21.8 Å². The lowest BCUT2D eigenvalue weighted by molar-refractivity contribution is 0.0975. The van der Waals surface area contributed by atoms with Crippen molar-refractivity contribution in [1.82, 2.24) is 34.7 Å². The number of nitrogens with one attached hydrogen (secondary N) is 2. The number of ether oxygens (including phenoxy) is 1. The van der Waals surface area contributed by atoms with Crippen molar-refractivity contribution in [2.75, 3.05) is 30.8 Å². The van der Waals surface area contributed by atoms with E-state index in [0.29, 0.717) is 23.2 Å². The molecule has 5 rings (SSSR count). The fourth-order valence-corrected chi connectivity index (χ4v) is 4.83. The minimum absolute atomic E-state index is 0.151. The number of tetrazole rings is 1. The molecule has 180 valence electrons. The van der Waals surface area contributed by atoms with Gasteiger partial charge in [-0.25, -0.2) is 14.2 Å². The van der Waals surface area contributed by atoms with Crippen LogP contribution in [0.2, 0.25) is 0 Å². The van der Waals surface area contributed by atoms with Crippen molar-refractivity contribution in [2.45, 2.75) is 44.2 Å². The second-order valence-corrected chi connectivity index (χ2v) is 8.72. The van der Waals surface area contributed by atoms with Gasteiger partial charge in [-0.3, -0.25) is 4.90 Å². The number of hydrogen-bond donors (Lipinski definition) is 2. The summed E-state index contributed by atoms with van der Waals surface area (Å²) in [7, 11) is 3.04. The molecule has 1 aromatic carbocycles. The summed E-state index contributed by atoms with van der Waals surface area (Å²) in [6.45, 7) is 2.21. The van der Waals surface area contributed by atoms with Crippen molar-refractivity contribution in [2.24, 2.45) is 7.05 Å². The highest BCUT2D eigenvalue weighted by Gasteiger charge is 2.33. The van der Waals surface area contributed by atoms with Crippen LogP contribution < -0.4 is 21.1 Å². The summed E-state index contributed by atoms with van der Waals surface area (Å²) in [5.41, 5.74) is 0.619. The summed E-state index contributed by atoms with van der Waals surface area (Å²) in [5, 5.41) is 14.0.